The zero-order valence-electron chi connectivity index (χ0n) is 14.0. The van der Waals surface area contributed by atoms with Gasteiger partial charge < -0.3 is 4.90 Å². The molecule has 134 valence electrons. The Morgan fingerprint density at radius 3 is 2.44 bits per heavy atom. The summed E-state index contributed by atoms with van der Waals surface area (Å²) in [6.07, 6.45) is 6.01. The molecule has 25 heavy (non-hydrogen) atoms. The third-order valence-electron chi connectivity index (χ3n) is 4.36. The Morgan fingerprint density at radius 1 is 1.08 bits per heavy atom. The van der Waals surface area contributed by atoms with Crippen LogP contribution in [0.3, 0.4) is 0 Å². The molecule has 1 fully saturated rings. The molecule has 0 radical (unpaired) electrons. The first-order valence-corrected chi connectivity index (χ1v) is 10.3. The number of hydrogen-bond acceptors (Lipinski definition) is 4. The molecule has 0 spiro atoms. The molecule has 2 aromatic rings. The van der Waals surface area contributed by atoms with Gasteiger partial charge in [0.05, 0.1) is 0 Å². The molecular formula is C18H22ClN3O2S. The van der Waals surface area contributed by atoms with Gasteiger partial charge in [-0.05, 0) is 75.1 Å². The number of hydrogen-bond donors (Lipinski definition) is 1. The number of pyridine rings is 1. The van der Waals surface area contributed by atoms with Crippen LogP contribution in [0, 0.1) is 0 Å². The van der Waals surface area contributed by atoms with Crippen LogP contribution in [0.15, 0.2) is 47.5 Å². The largest absolute Gasteiger partial charge is 0.303 e. The lowest BCUT2D eigenvalue weighted by molar-refractivity contribution is 0.334. The average molecular weight is 380 g/mol. The SMILES string of the molecule is O=S(=O)(Nc1ccc(CCCN2CCCC2)cc1)c1ccc(Cl)nc1. The summed E-state index contributed by atoms with van der Waals surface area (Å²) in [4.78, 5) is 6.40. The van der Waals surface area contributed by atoms with Crippen molar-refractivity contribution in [3.05, 3.63) is 53.3 Å². The summed E-state index contributed by atoms with van der Waals surface area (Å²) >= 11 is 5.69. The normalized spacial score (nSPS) is 15.4. The van der Waals surface area contributed by atoms with Crippen molar-refractivity contribution in [2.45, 2.75) is 30.6 Å². The van der Waals surface area contributed by atoms with E-state index in [4.69, 9.17) is 11.6 Å². The number of rotatable bonds is 7. The van der Waals surface area contributed by atoms with Gasteiger partial charge in [0.1, 0.15) is 10.0 Å². The molecule has 5 nitrogen and oxygen atoms in total. The van der Waals surface area contributed by atoms with Gasteiger partial charge in [-0.1, -0.05) is 23.7 Å². The van der Waals surface area contributed by atoms with Gasteiger partial charge in [-0.2, -0.15) is 0 Å². The number of nitrogens with zero attached hydrogens (tertiary/aromatic N) is 2. The Kier molecular flexibility index (Phi) is 5.93. The fourth-order valence-electron chi connectivity index (χ4n) is 2.99. The van der Waals surface area contributed by atoms with Crippen molar-refractivity contribution in [1.29, 1.82) is 0 Å². The van der Waals surface area contributed by atoms with Gasteiger partial charge in [-0.25, -0.2) is 13.4 Å². The molecule has 0 bridgehead atoms. The summed E-state index contributed by atoms with van der Waals surface area (Å²) in [6.45, 7) is 3.58. The van der Waals surface area contributed by atoms with Crippen molar-refractivity contribution in [1.82, 2.24) is 9.88 Å². The molecule has 1 aromatic heterocycles. The molecule has 3 rings (SSSR count). The van der Waals surface area contributed by atoms with Gasteiger partial charge in [-0.3, -0.25) is 4.72 Å². The minimum atomic E-state index is -3.65. The number of aryl methyl sites for hydroxylation is 1. The van der Waals surface area contributed by atoms with Crippen LogP contribution < -0.4 is 4.72 Å². The zero-order valence-corrected chi connectivity index (χ0v) is 15.6. The van der Waals surface area contributed by atoms with Crippen LogP contribution in [-0.4, -0.2) is 37.9 Å². The third kappa shape index (κ3) is 5.17. The highest BCUT2D eigenvalue weighted by Gasteiger charge is 2.14. The molecule has 1 aromatic carbocycles. The Balaban J connectivity index is 1.55. The predicted octanol–water partition coefficient (Wildman–Crippen LogP) is 3.56. The first kappa shape index (κ1) is 18.2. The van der Waals surface area contributed by atoms with Crippen molar-refractivity contribution < 1.29 is 8.42 Å². The minimum absolute atomic E-state index is 0.0894. The summed E-state index contributed by atoms with van der Waals surface area (Å²) in [5.74, 6) is 0. The number of likely N-dealkylation sites (tertiary alicyclic amines) is 1. The van der Waals surface area contributed by atoms with Gasteiger partial charge in [0.2, 0.25) is 0 Å². The second-order valence-corrected chi connectivity index (χ2v) is 8.34. The first-order valence-electron chi connectivity index (χ1n) is 8.49. The summed E-state index contributed by atoms with van der Waals surface area (Å²) in [5.41, 5.74) is 1.76. The van der Waals surface area contributed by atoms with Crippen LogP contribution in [0.25, 0.3) is 0 Å². The van der Waals surface area contributed by atoms with Gasteiger partial charge in [0, 0.05) is 11.9 Å². The number of halogens is 1. The third-order valence-corrected chi connectivity index (χ3v) is 5.95. The average Bonchev–Trinajstić information content (AvgIpc) is 3.10. The van der Waals surface area contributed by atoms with Gasteiger partial charge in [0.25, 0.3) is 10.0 Å². The number of sulfonamides is 1. The van der Waals surface area contributed by atoms with Crippen LogP contribution in [-0.2, 0) is 16.4 Å². The Labute approximate surface area is 154 Å². The van der Waals surface area contributed by atoms with Crippen molar-refractivity contribution in [3.63, 3.8) is 0 Å². The molecule has 0 amide bonds. The standard InChI is InChI=1S/C18H22ClN3O2S/c19-18-10-9-17(14-20-18)25(23,24)21-16-7-5-15(6-8-16)4-3-13-22-11-1-2-12-22/h5-10,14,21H,1-4,11-13H2. The topological polar surface area (TPSA) is 62.3 Å². The van der Waals surface area contributed by atoms with Crippen LogP contribution in [0.5, 0.6) is 0 Å². The molecule has 1 N–H and O–H groups in total. The van der Waals surface area contributed by atoms with Crippen LogP contribution in [0.2, 0.25) is 5.15 Å². The molecule has 2 heterocycles. The number of aromatic nitrogens is 1. The van der Waals surface area contributed by atoms with E-state index in [1.54, 1.807) is 12.1 Å². The highest BCUT2D eigenvalue weighted by Crippen LogP contribution is 2.18. The quantitative estimate of drug-likeness (QED) is 0.747. The molecule has 0 unspecified atom stereocenters. The molecular weight excluding hydrogens is 358 g/mol. The minimum Gasteiger partial charge on any atom is -0.303 e. The Morgan fingerprint density at radius 2 is 1.80 bits per heavy atom. The summed E-state index contributed by atoms with van der Waals surface area (Å²) in [7, 11) is -3.65. The number of nitrogens with one attached hydrogen (secondary N) is 1. The lowest BCUT2D eigenvalue weighted by Crippen LogP contribution is -2.20. The fraction of sp³-hybridized carbons (Fsp3) is 0.389. The van der Waals surface area contributed by atoms with E-state index in [-0.39, 0.29) is 10.0 Å². The maximum atomic E-state index is 12.3. The van der Waals surface area contributed by atoms with Gasteiger partial charge in [-0.15, -0.1) is 0 Å². The first-order chi connectivity index (χ1) is 12.0. The molecule has 1 aliphatic rings. The van der Waals surface area contributed by atoms with Crippen LogP contribution >= 0.6 is 11.6 Å². The van der Waals surface area contributed by atoms with E-state index in [0.29, 0.717) is 5.69 Å². The number of benzene rings is 1. The van der Waals surface area contributed by atoms with E-state index in [0.717, 1.165) is 19.4 Å². The zero-order chi connectivity index (χ0) is 17.7. The van der Waals surface area contributed by atoms with Crippen molar-refractivity contribution in [3.8, 4) is 0 Å². The second kappa shape index (κ2) is 8.17. The smallest absolute Gasteiger partial charge is 0.263 e. The Hall–Kier alpha value is -1.63. The maximum absolute atomic E-state index is 12.3. The lowest BCUT2D eigenvalue weighted by atomic mass is 10.1. The van der Waals surface area contributed by atoms with Crippen molar-refractivity contribution in [2.24, 2.45) is 0 Å². The molecule has 1 aliphatic heterocycles. The predicted molar refractivity (Wildman–Crippen MR) is 100 cm³/mol. The monoisotopic (exact) mass is 379 g/mol. The van der Waals surface area contributed by atoms with E-state index in [1.165, 1.54) is 49.8 Å². The van der Waals surface area contributed by atoms with Crippen LogP contribution in [0.4, 0.5) is 5.69 Å². The van der Waals surface area contributed by atoms with Crippen molar-refractivity contribution >= 4 is 27.3 Å². The Bertz CT molecular complexity index is 786. The van der Waals surface area contributed by atoms with E-state index >= 15 is 0 Å². The summed E-state index contributed by atoms with van der Waals surface area (Å²) in [6, 6.07) is 10.4. The van der Waals surface area contributed by atoms with Crippen molar-refractivity contribution in [2.75, 3.05) is 24.4 Å². The number of anilines is 1. The molecule has 1 saturated heterocycles. The van der Waals surface area contributed by atoms with E-state index < -0.39 is 10.0 Å². The maximum Gasteiger partial charge on any atom is 0.263 e. The molecule has 0 saturated carbocycles. The molecule has 0 atom stereocenters. The van der Waals surface area contributed by atoms with Gasteiger partial charge >= 0.3 is 0 Å². The second-order valence-electron chi connectivity index (χ2n) is 6.27. The molecule has 7 heteroatoms. The van der Waals surface area contributed by atoms with E-state index in [1.807, 2.05) is 12.1 Å². The highest BCUT2D eigenvalue weighted by atomic mass is 35.5. The summed E-state index contributed by atoms with van der Waals surface area (Å²) in [5, 5.41) is 0.261. The van der Waals surface area contributed by atoms with Gasteiger partial charge in [0.15, 0.2) is 0 Å². The highest BCUT2D eigenvalue weighted by molar-refractivity contribution is 7.92. The lowest BCUT2D eigenvalue weighted by Gasteiger charge is -2.14. The van der Waals surface area contributed by atoms with Crippen LogP contribution in [0.1, 0.15) is 24.8 Å². The summed E-state index contributed by atoms with van der Waals surface area (Å²) < 4.78 is 27.2. The fourth-order valence-corrected chi connectivity index (χ4v) is 4.10. The molecule has 0 aliphatic carbocycles. The van der Waals surface area contributed by atoms with E-state index in [9.17, 15) is 8.42 Å². The van der Waals surface area contributed by atoms with E-state index in [2.05, 4.69) is 14.6 Å².